The van der Waals surface area contributed by atoms with Crippen LogP contribution in [0.4, 0.5) is 4.79 Å². The number of amides is 3. The van der Waals surface area contributed by atoms with Gasteiger partial charge >= 0.3 is 6.03 Å². The first-order valence-corrected chi connectivity index (χ1v) is 6.91. The first-order valence-electron chi connectivity index (χ1n) is 6.91. The third kappa shape index (κ3) is 2.94. The molecule has 1 saturated heterocycles. The molecule has 6 heteroatoms. The van der Waals surface area contributed by atoms with Crippen LogP contribution in [0.2, 0.25) is 0 Å². The number of nitrogens with one attached hydrogen (secondary N) is 1. The number of ether oxygens (including phenoxy) is 2. The Kier molecular flexibility index (Phi) is 4.35. The second kappa shape index (κ2) is 6.03. The van der Waals surface area contributed by atoms with Gasteiger partial charge in [0.05, 0.1) is 13.7 Å². The number of imide groups is 1. The number of carbonyl (C=O) groups is 2. The van der Waals surface area contributed by atoms with Gasteiger partial charge in [0.25, 0.3) is 5.91 Å². The van der Waals surface area contributed by atoms with Crippen LogP contribution in [0.1, 0.15) is 20.3 Å². The first-order chi connectivity index (χ1) is 10.0. The molecule has 0 aromatic heterocycles. The molecule has 0 saturated carbocycles. The van der Waals surface area contributed by atoms with Gasteiger partial charge in [0.2, 0.25) is 0 Å². The molecule has 114 valence electrons. The van der Waals surface area contributed by atoms with E-state index in [1.54, 1.807) is 38.3 Å². The Morgan fingerprint density at radius 3 is 2.38 bits per heavy atom. The van der Waals surface area contributed by atoms with E-state index in [2.05, 4.69) is 5.32 Å². The highest BCUT2D eigenvalue weighted by Crippen LogP contribution is 2.25. The van der Waals surface area contributed by atoms with E-state index >= 15 is 0 Å². The zero-order valence-electron chi connectivity index (χ0n) is 12.5. The average Bonchev–Trinajstić information content (AvgIpc) is 2.71. The summed E-state index contributed by atoms with van der Waals surface area (Å²) < 4.78 is 10.7. The van der Waals surface area contributed by atoms with Crippen molar-refractivity contribution in [1.82, 2.24) is 10.2 Å². The van der Waals surface area contributed by atoms with E-state index in [0.29, 0.717) is 25.3 Å². The third-order valence-corrected chi connectivity index (χ3v) is 3.88. The smallest absolute Gasteiger partial charge is 0.325 e. The first kappa shape index (κ1) is 15.2. The van der Waals surface area contributed by atoms with E-state index in [0.717, 1.165) is 5.75 Å². The molecule has 21 heavy (non-hydrogen) atoms. The molecule has 0 bridgehead atoms. The number of carbonyl (C=O) groups excluding carboxylic acids is 2. The van der Waals surface area contributed by atoms with E-state index in [4.69, 9.17) is 9.47 Å². The fraction of sp³-hybridized carbons (Fsp3) is 0.467. The van der Waals surface area contributed by atoms with E-state index in [9.17, 15) is 9.59 Å². The molecule has 2 rings (SSSR count). The fourth-order valence-corrected chi connectivity index (χ4v) is 2.27. The van der Waals surface area contributed by atoms with Crippen LogP contribution in [0.5, 0.6) is 11.5 Å². The normalized spacial score (nSPS) is 21.4. The molecule has 1 unspecified atom stereocenters. The molecule has 1 atom stereocenters. The minimum absolute atomic E-state index is 0.251. The van der Waals surface area contributed by atoms with Gasteiger partial charge in [-0.05, 0) is 37.6 Å². The molecule has 0 spiro atoms. The number of rotatable bonds is 6. The van der Waals surface area contributed by atoms with Crippen molar-refractivity contribution >= 4 is 11.9 Å². The lowest BCUT2D eigenvalue weighted by molar-refractivity contribution is -0.126. The van der Waals surface area contributed by atoms with Crippen molar-refractivity contribution in [2.24, 2.45) is 0 Å². The summed E-state index contributed by atoms with van der Waals surface area (Å²) in [6.45, 7) is 4.33. The Morgan fingerprint density at radius 2 is 1.81 bits per heavy atom. The van der Waals surface area contributed by atoms with Gasteiger partial charge in [0.1, 0.15) is 23.6 Å². The number of benzene rings is 1. The number of hydrogen-bond acceptors (Lipinski definition) is 4. The number of hydrogen-bond donors (Lipinski definition) is 1. The average molecular weight is 292 g/mol. The summed E-state index contributed by atoms with van der Waals surface area (Å²) in [4.78, 5) is 25.2. The molecule has 0 radical (unpaired) electrons. The Balaban J connectivity index is 1.92. The molecule has 0 aliphatic carbocycles. The molecule has 6 nitrogen and oxygen atoms in total. The van der Waals surface area contributed by atoms with Crippen molar-refractivity contribution in [3.8, 4) is 11.5 Å². The van der Waals surface area contributed by atoms with Gasteiger partial charge in [0, 0.05) is 0 Å². The van der Waals surface area contributed by atoms with Crippen LogP contribution in [-0.2, 0) is 4.79 Å². The zero-order valence-corrected chi connectivity index (χ0v) is 12.5. The third-order valence-electron chi connectivity index (χ3n) is 3.88. The van der Waals surface area contributed by atoms with Crippen LogP contribution in [0.3, 0.4) is 0 Å². The second-order valence-electron chi connectivity index (χ2n) is 5.06. The second-order valence-corrected chi connectivity index (χ2v) is 5.06. The number of urea groups is 1. The Bertz CT molecular complexity index is 529. The van der Waals surface area contributed by atoms with E-state index in [1.165, 1.54) is 4.90 Å². The molecule has 1 heterocycles. The summed E-state index contributed by atoms with van der Waals surface area (Å²) in [5.74, 6) is 1.20. The van der Waals surface area contributed by atoms with Crippen molar-refractivity contribution in [3.05, 3.63) is 24.3 Å². The van der Waals surface area contributed by atoms with Gasteiger partial charge in [-0.1, -0.05) is 6.92 Å². The van der Waals surface area contributed by atoms with Crippen molar-refractivity contribution in [2.75, 3.05) is 20.3 Å². The topological polar surface area (TPSA) is 67.9 Å². The predicted octanol–water partition coefficient (Wildman–Crippen LogP) is 1.79. The summed E-state index contributed by atoms with van der Waals surface area (Å²) in [5.41, 5.74) is -0.791. The highest BCUT2D eigenvalue weighted by Gasteiger charge is 2.47. The van der Waals surface area contributed by atoms with Gasteiger partial charge < -0.3 is 14.4 Å². The summed E-state index contributed by atoms with van der Waals surface area (Å²) in [7, 11) is 1.60. The Morgan fingerprint density at radius 1 is 1.19 bits per heavy atom. The quantitative estimate of drug-likeness (QED) is 0.812. The lowest BCUT2D eigenvalue weighted by Crippen LogP contribution is -2.48. The highest BCUT2D eigenvalue weighted by atomic mass is 16.5. The van der Waals surface area contributed by atoms with Crippen LogP contribution in [0.15, 0.2) is 24.3 Å². The van der Waals surface area contributed by atoms with Crippen LogP contribution in [0, 0.1) is 0 Å². The fourth-order valence-electron chi connectivity index (χ4n) is 2.27. The van der Waals surface area contributed by atoms with E-state index < -0.39 is 5.54 Å². The van der Waals surface area contributed by atoms with Gasteiger partial charge in [-0.3, -0.25) is 10.1 Å². The standard InChI is InChI=1S/C15H20N2O4/c1-4-15(2)13(18)16-14(19)17(15)9-10-21-12-7-5-11(20-3)6-8-12/h5-8H,4,9-10H2,1-3H3,(H,16,18,19). The SMILES string of the molecule is CCC1(C)C(=O)NC(=O)N1CCOc1ccc(OC)cc1. The van der Waals surface area contributed by atoms with Crippen LogP contribution in [-0.4, -0.2) is 42.6 Å². The summed E-state index contributed by atoms with van der Waals surface area (Å²) >= 11 is 0. The van der Waals surface area contributed by atoms with Crippen molar-refractivity contribution in [2.45, 2.75) is 25.8 Å². The molecule has 1 aromatic carbocycles. The van der Waals surface area contributed by atoms with Gasteiger partial charge in [-0.25, -0.2) is 4.79 Å². The van der Waals surface area contributed by atoms with E-state index in [-0.39, 0.29) is 11.9 Å². The highest BCUT2D eigenvalue weighted by molar-refractivity contribution is 6.06. The molecule has 1 aliphatic heterocycles. The van der Waals surface area contributed by atoms with Crippen LogP contribution in [0.25, 0.3) is 0 Å². The van der Waals surface area contributed by atoms with Crippen molar-refractivity contribution in [3.63, 3.8) is 0 Å². The van der Waals surface area contributed by atoms with Crippen LogP contribution >= 0.6 is 0 Å². The Labute approximate surface area is 124 Å². The minimum atomic E-state index is -0.791. The monoisotopic (exact) mass is 292 g/mol. The molecule has 3 amide bonds. The van der Waals surface area contributed by atoms with Crippen molar-refractivity contribution in [1.29, 1.82) is 0 Å². The summed E-state index contributed by atoms with van der Waals surface area (Å²) in [5, 5.41) is 2.35. The van der Waals surface area contributed by atoms with Gasteiger partial charge in [-0.15, -0.1) is 0 Å². The van der Waals surface area contributed by atoms with Gasteiger partial charge in [0.15, 0.2) is 0 Å². The summed E-state index contributed by atoms with van der Waals surface area (Å²) in [6, 6.07) is 6.85. The largest absolute Gasteiger partial charge is 0.497 e. The lowest BCUT2D eigenvalue weighted by atomic mass is 9.97. The molecule has 1 N–H and O–H groups in total. The predicted molar refractivity (Wildman–Crippen MR) is 77.4 cm³/mol. The molecular formula is C15H20N2O4. The molecule has 1 aliphatic rings. The van der Waals surface area contributed by atoms with Crippen LogP contribution < -0.4 is 14.8 Å². The minimum Gasteiger partial charge on any atom is -0.497 e. The van der Waals surface area contributed by atoms with E-state index in [1.807, 2.05) is 6.92 Å². The molecule has 1 fully saturated rings. The maximum atomic E-state index is 11.8. The lowest BCUT2D eigenvalue weighted by Gasteiger charge is -2.30. The maximum absolute atomic E-state index is 11.8. The molecular weight excluding hydrogens is 272 g/mol. The van der Waals surface area contributed by atoms with Crippen molar-refractivity contribution < 1.29 is 19.1 Å². The number of methoxy groups -OCH3 is 1. The Hall–Kier alpha value is -2.24. The van der Waals surface area contributed by atoms with Gasteiger partial charge in [-0.2, -0.15) is 0 Å². The summed E-state index contributed by atoms with van der Waals surface area (Å²) in [6.07, 6.45) is 0.563. The molecule has 1 aromatic rings. The zero-order chi connectivity index (χ0) is 15.5. The maximum Gasteiger partial charge on any atom is 0.325 e. The number of nitrogens with zero attached hydrogens (tertiary/aromatic N) is 1.